The highest BCUT2D eigenvalue weighted by Gasteiger charge is 2.24. The van der Waals surface area contributed by atoms with Gasteiger partial charge in [0.25, 0.3) is 10.2 Å². The van der Waals surface area contributed by atoms with Crippen LogP contribution in [0.5, 0.6) is 11.5 Å². The maximum atomic E-state index is 12.3. The lowest BCUT2D eigenvalue weighted by Crippen LogP contribution is -2.43. The van der Waals surface area contributed by atoms with Crippen LogP contribution in [-0.2, 0) is 10.2 Å². The third-order valence-corrected chi connectivity index (χ3v) is 6.00. The first kappa shape index (κ1) is 20.0. The average molecular weight is 371 g/mol. The molecule has 0 heterocycles. The highest BCUT2D eigenvalue weighted by molar-refractivity contribution is 7.87. The molecule has 6 nitrogen and oxygen atoms in total. The number of benzene rings is 1. The van der Waals surface area contributed by atoms with Gasteiger partial charge in [0.1, 0.15) is 0 Å². The van der Waals surface area contributed by atoms with Crippen LogP contribution in [0, 0.1) is 5.92 Å². The molecule has 1 unspecified atom stereocenters. The minimum absolute atomic E-state index is 0.0416. The Morgan fingerprint density at radius 2 is 1.76 bits per heavy atom. The van der Waals surface area contributed by atoms with E-state index < -0.39 is 10.2 Å². The van der Waals surface area contributed by atoms with E-state index in [1.54, 1.807) is 14.2 Å². The summed E-state index contributed by atoms with van der Waals surface area (Å²) in [7, 11) is -0.291. The normalized spacial score (nSPS) is 17.0. The molecule has 0 amide bonds. The van der Waals surface area contributed by atoms with Crippen LogP contribution in [0.15, 0.2) is 18.2 Å². The van der Waals surface area contributed by atoms with Crippen molar-refractivity contribution in [3.05, 3.63) is 23.8 Å². The number of rotatable bonds is 9. The van der Waals surface area contributed by atoms with E-state index in [9.17, 15) is 8.42 Å². The predicted molar refractivity (Wildman–Crippen MR) is 99.4 cm³/mol. The molecule has 1 saturated carbocycles. The van der Waals surface area contributed by atoms with Gasteiger partial charge in [0.05, 0.1) is 14.2 Å². The summed E-state index contributed by atoms with van der Waals surface area (Å²) in [5.74, 6) is 1.63. The van der Waals surface area contributed by atoms with Gasteiger partial charge in [0, 0.05) is 12.6 Å². The topological polar surface area (TPSA) is 76.7 Å². The molecule has 1 aliphatic rings. The van der Waals surface area contributed by atoms with E-state index in [0.717, 1.165) is 31.2 Å². The molecule has 1 aliphatic carbocycles. The molecule has 0 saturated heterocycles. The molecule has 1 aromatic rings. The molecule has 0 spiro atoms. The first-order valence-electron chi connectivity index (χ1n) is 8.85. The van der Waals surface area contributed by atoms with Gasteiger partial charge in [-0.2, -0.15) is 13.1 Å². The van der Waals surface area contributed by atoms with E-state index in [1.165, 1.54) is 0 Å². The Bertz CT molecular complexity index is 655. The van der Waals surface area contributed by atoms with Crippen molar-refractivity contribution in [1.82, 2.24) is 9.44 Å². The van der Waals surface area contributed by atoms with Crippen molar-refractivity contribution in [2.45, 2.75) is 51.5 Å². The molecule has 142 valence electrons. The highest BCUT2D eigenvalue weighted by Crippen LogP contribution is 2.33. The third-order valence-electron chi connectivity index (χ3n) is 4.81. The lowest BCUT2D eigenvalue weighted by molar-refractivity contribution is 0.353. The van der Waals surface area contributed by atoms with Crippen LogP contribution >= 0.6 is 0 Å². The van der Waals surface area contributed by atoms with Gasteiger partial charge in [-0.05, 0) is 42.4 Å². The number of nitrogens with one attached hydrogen (secondary N) is 2. The van der Waals surface area contributed by atoms with Crippen molar-refractivity contribution in [2.75, 3.05) is 20.8 Å². The molecule has 1 aromatic carbocycles. The second kappa shape index (κ2) is 8.87. The van der Waals surface area contributed by atoms with Gasteiger partial charge >= 0.3 is 0 Å². The van der Waals surface area contributed by atoms with E-state index >= 15 is 0 Å². The Morgan fingerprint density at radius 1 is 1.12 bits per heavy atom. The van der Waals surface area contributed by atoms with Crippen LogP contribution in [0.2, 0.25) is 0 Å². The van der Waals surface area contributed by atoms with Gasteiger partial charge in [-0.1, -0.05) is 32.8 Å². The van der Waals surface area contributed by atoms with Crippen LogP contribution in [0.4, 0.5) is 0 Å². The Morgan fingerprint density at radius 3 is 2.32 bits per heavy atom. The molecular weight excluding hydrogens is 340 g/mol. The summed E-state index contributed by atoms with van der Waals surface area (Å²) < 4.78 is 40.7. The van der Waals surface area contributed by atoms with Crippen LogP contribution in [0.1, 0.15) is 51.0 Å². The maximum Gasteiger partial charge on any atom is 0.277 e. The van der Waals surface area contributed by atoms with Crippen LogP contribution in [0.25, 0.3) is 0 Å². The fourth-order valence-electron chi connectivity index (χ4n) is 3.33. The molecular formula is C18H30N2O4S. The second-order valence-corrected chi connectivity index (χ2v) is 8.45. The van der Waals surface area contributed by atoms with Crippen molar-refractivity contribution >= 4 is 10.2 Å². The summed E-state index contributed by atoms with van der Waals surface area (Å²) in [4.78, 5) is 0. The van der Waals surface area contributed by atoms with Gasteiger partial charge in [-0.25, -0.2) is 4.72 Å². The quantitative estimate of drug-likeness (QED) is 0.701. The van der Waals surface area contributed by atoms with Crippen molar-refractivity contribution in [3.63, 3.8) is 0 Å². The average Bonchev–Trinajstić information content (AvgIpc) is 3.06. The lowest BCUT2D eigenvalue weighted by atomic mass is 9.88. The van der Waals surface area contributed by atoms with E-state index in [4.69, 9.17) is 9.47 Å². The van der Waals surface area contributed by atoms with Gasteiger partial charge < -0.3 is 9.47 Å². The second-order valence-electron chi connectivity index (χ2n) is 6.92. The fourth-order valence-corrected chi connectivity index (χ4v) is 4.48. The fraction of sp³-hybridized carbons (Fsp3) is 0.667. The van der Waals surface area contributed by atoms with E-state index in [-0.39, 0.29) is 17.9 Å². The number of hydrogen-bond donors (Lipinski definition) is 2. The molecule has 0 radical (unpaired) electrons. The summed E-state index contributed by atoms with van der Waals surface area (Å²) in [5, 5.41) is 0. The summed E-state index contributed by atoms with van der Waals surface area (Å²) in [5.41, 5.74) is 1.02. The lowest BCUT2D eigenvalue weighted by Gasteiger charge is -2.23. The Balaban J connectivity index is 2.08. The zero-order chi connectivity index (χ0) is 18.4. The molecule has 2 rings (SSSR count). The van der Waals surface area contributed by atoms with Crippen molar-refractivity contribution < 1.29 is 17.9 Å². The number of methoxy groups -OCH3 is 2. The van der Waals surface area contributed by atoms with Crippen LogP contribution in [-0.4, -0.2) is 35.2 Å². The molecule has 0 aromatic heterocycles. The first-order valence-corrected chi connectivity index (χ1v) is 10.3. The largest absolute Gasteiger partial charge is 0.493 e. The molecule has 25 heavy (non-hydrogen) atoms. The SMILES string of the molecule is COc1ccc(C(CNS(=O)(=O)NC2CCCC2)C(C)C)cc1OC. The van der Waals surface area contributed by atoms with Crippen molar-refractivity contribution in [2.24, 2.45) is 5.92 Å². The molecule has 1 atom stereocenters. The van der Waals surface area contributed by atoms with Gasteiger partial charge in [0.15, 0.2) is 11.5 Å². The molecule has 2 N–H and O–H groups in total. The monoisotopic (exact) mass is 370 g/mol. The van der Waals surface area contributed by atoms with E-state index in [0.29, 0.717) is 18.0 Å². The Labute approximate surface area is 151 Å². The first-order chi connectivity index (χ1) is 11.9. The van der Waals surface area contributed by atoms with Crippen LogP contribution < -0.4 is 18.9 Å². The molecule has 0 bridgehead atoms. The van der Waals surface area contributed by atoms with Crippen molar-refractivity contribution in [1.29, 1.82) is 0 Å². The summed E-state index contributed by atoms with van der Waals surface area (Å²) in [6.07, 6.45) is 4.02. The number of ether oxygens (including phenoxy) is 2. The molecule has 7 heteroatoms. The van der Waals surface area contributed by atoms with E-state index in [2.05, 4.69) is 23.3 Å². The number of hydrogen-bond acceptors (Lipinski definition) is 4. The van der Waals surface area contributed by atoms with Crippen molar-refractivity contribution in [3.8, 4) is 11.5 Å². The molecule has 0 aliphatic heterocycles. The van der Waals surface area contributed by atoms with Gasteiger partial charge in [0.2, 0.25) is 0 Å². The predicted octanol–water partition coefficient (Wildman–Crippen LogP) is 2.81. The Hall–Kier alpha value is -1.31. The molecule has 1 fully saturated rings. The minimum Gasteiger partial charge on any atom is -0.493 e. The standard InChI is InChI=1S/C18H30N2O4S/c1-13(2)16(14-9-10-17(23-3)18(11-14)24-4)12-19-25(21,22)20-15-7-5-6-8-15/h9-11,13,15-16,19-20H,5-8,12H2,1-4H3. The third kappa shape index (κ3) is 5.59. The Kier molecular flexibility index (Phi) is 7.10. The zero-order valence-electron chi connectivity index (χ0n) is 15.5. The minimum atomic E-state index is -3.49. The maximum absolute atomic E-state index is 12.3. The zero-order valence-corrected chi connectivity index (χ0v) is 16.4. The summed E-state index contributed by atoms with van der Waals surface area (Å²) in [6.45, 7) is 4.51. The van der Waals surface area contributed by atoms with Crippen LogP contribution in [0.3, 0.4) is 0 Å². The van der Waals surface area contributed by atoms with Gasteiger partial charge in [-0.15, -0.1) is 0 Å². The summed E-state index contributed by atoms with van der Waals surface area (Å²) in [6, 6.07) is 5.80. The smallest absolute Gasteiger partial charge is 0.277 e. The summed E-state index contributed by atoms with van der Waals surface area (Å²) >= 11 is 0. The van der Waals surface area contributed by atoms with Gasteiger partial charge in [-0.3, -0.25) is 0 Å². The van der Waals surface area contributed by atoms with E-state index in [1.807, 2.05) is 18.2 Å². The highest BCUT2D eigenvalue weighted by atomic mass is 32.2.